The number of hydrogen-bond acceptors (Lipinski definition) is 1. The van der Waals surface area contributed by atoms with Crippen LogP contribution in [0.1, 0.15) is 5.56 Å². The lowest BCUT2D eigenvalue weighted by atomic mass is 9.99. The molecule has 0 N–H and O–H groups in total. The van der Waals surface area contributed by atoms with E-state index in [0.29, 0.717) is 0 Å². The van der Waals surface area contributed by atoms with Crippen molar-refractivity contribution >= 4 is 43.5 Å². The van der Waals surface area contributed by atoms with E-state index in [1.54, 1.807) is 0 Å². The molecule has 7 rings (SSSR count). The SMILES string of the molecule is Cc1ccc2c(oc3c2ccc2c4ccccc4ccc23)c1-c1n(C)c[c-][n+]1-c1ccccc1. The zero-order chi connectivity index (χ0) is 22.8. The third-order valence-electron chi connectivity index (χ3n) is 6.90. The standard InChI is InChI=1S/C31H22N2O/c1-20-12-14-27-26-17-16-24-23-11-7-6-8-21(23)13-15-25(24)29(26)34-30(27)28(20)31-32(2)18-19-33(31)22-9-4-3-5-10-22/h3-18H,1-2H3. The van der Waals surface area contributed by atoms with Crippen molar-refractivity contribution in [3.8, 4) is 17.1 Å². The van der Waals surface area contributed by atoms with Gasteiger partial charge in [-0.3, -0.25) is 4.57 Å². The van der Waals surface area contributed by atoms with Crippen molar-refractivity contribution in [2.45, 2.75) is 6.92 Å². The summed E-state index contributed by atoms with van der Waals surface area (Å²) in [4.78, 5) is 0. The van der Waals surface area contributed by atoms with Gasteiger partial charge in [-0.05, 0) is 40.8 Å². The van der Waals surface area contributed by atoms with Crippen LogP contribution in [0.4, 0.5) is 0 Å². The molecule has 7 aromatic rings. The number of nitrogens with zero attached hydrogens (tertiary/aromatic N) is 2. The molecule has 0 saturated carbocycles. The first-order valence-electron chi connectivity index (χ1n) is 11.5. The molecule has 0 aliphatic rings. The van der Waals surface area contributed by atoms with Crippen molar-refractivity contribution in [1.29, 1.82) is 0 Å². The van der Waals surface area contributed by atoms with Crippen LogP contribution in [-0.4, -0.2) is 4.57 Å². The third kappa shape index (κ3) is 2.61. The van der Waals surface area contributed by atoms with Crippen LogP contribution in [0.15, 0.2) is 102 Å². The highest BCUT2D eigenvalue weighted by atomic mass is 16.3. The summed E-state index contributed by atoms with van der Waals surface area (Å²) >= 11 is 0. The lowest BCUT2D eigenvalue weighted by Gasteiger charge is -2.14. The Morgan fingerprint density at radius 3 is 2.24 bits per heavy atom. The zero-order valence-electron chi connectivity index (χ0n) is 19.0. The lowest BCUT2D eigenvalue weighted by Crippen LogP contribution is -2.32. The first-order valence-corrected chi connectivity index (χ1v) is 11.5. The van der Waals surface area contributed by atoms with Crippen molar-refractivity contribution in [1.82, 2.24) is 4.57 Å². The molecule has 162 valence electrons. The van der Waals surface area contributed by atoms with Crippen LogP contribution in [0, 0.1) is 13.1 Å². The van der Waals surface area contributed by atoms with E-state index in [1.807, 2.05) is 12.3 Å². The summed E-state index contributed by atoms with van der Waals surface area (Å²) in [6, 6.07) is 32.1. The summed E-state index contributed by atoms with van der Waals surface area (Å²) < 4.78 is 11.0. The fourth-order valence-corrected chi connectivity index (χ4v) is 5.25. The first-order chi connectivity index (χ1) is 16.7. The van der Waals surface area contributed by atoms with Crippen molar-refractivity contribution in [2.24, 2.45) is 7.05 Å². The summed E-state index contributed by atoms with van der Waals surface area (Å²) in [5.41, 5.74) is 5.18. The summed E-state index contributed by atoms with van der Waals surface area (Å²) in [5, 5.41) is 7.12. The van der Waals surface area contributed by atoms with Gasteiger partial charge < -0.3 is 8.98 Å². The quantitative estimate of drug-likeness (QED) is 0.158. The molecule has 0 atom stereocenters. The van der Waals surface area contributed by atoms with Gasteiger partial charge in [-0.25, -0.2) is 0 Å². The van der Waals surface area contributed by atoms with Crippen LogP contribution in [0.5, 0.6) is 0 Å². The van der Waals surface area contributed by atoms with Crippen molar-refractivity contribution in [3.63, 3.8) is 0 Å². The molecule has 0 amide bonds. The summed E-state index contributed by atoms with van der Waals surface area (Å²) in [6.07, 6.45) is 5.38. The van der Waals surface area contributed by atoms with Gasteiger partial charge in [0.25, 0.3) is 0 Å². The predicted octanol–water partition coefficient (Wildman–Crippen LogP) is 7.28. The second-order valence-corrected chi connectivity index (χ2v) is 8.92. The summed E-state index contributed by atoms with van der Waals surface area (Å²) in [7, 11) is 2.06. The van der Waals surface area contributed by atoms with Gasteiger partial charge in [-0.15, -0.1) is 0 Å². The Balaban J connectivity index is 1.59. The molecule has 0 bridgehead atoms. The van der Waals surface area contributed by atoms with Crippen molar-refractivity contribution < 1.29 is 8.98 Å². The Bertz CT molecular complexity index is 1870. The van der Waals surface area contributed by atoms with E-state index < -0.39 is 0 Å². The minimum atomic E-state index is 0.913. The minimum Gasteiger partial charge on any atom is -0.456 e. The molecule has 0 saturated heterocycles. The van der Waals surface area contributed by atoms with E-state index in [1.165, 1.54) is 21.7 Å². The number of aromatic nitrogens is 2. The van der Waals surface area contributed by atoms with E-state index in [9.17, 15) is 0 Å². The maximum Gasteiger partial charge on any atom is 0.189 e. The number of aryl methyl sites for hydroxylation is 2. The van der Waals surface area contributed by atoms with Crippen LogP contribution in [0.25, 0.3) is 60.6 Å². The molecule has 0 spiro atoms. The molecule has 3 heteroatoms. The van der Waals surface area contributed by atoms with Gasteiger partial charge in [0.1, 0.15) is 11.2 Å². The highest BCUT2D eigenvalue weighted by Gasteiger charge is 2.21. The van der Waals surface area contributed by atoms with Crippen molar-refractivity contribution in [3.05, 3.63) is 109 Å². The third-order valence-corrected chi connectivity index (χ3v) is 6.90. The van der Waals surface area contributed by atoms with E-state index in [0.717, 1.165) is 44.4 Å². The molecular formula is C31H22N2O. The van der Waals surface area contributed by atoms with Crippen LogP contribution in [0.2, 0.25) is 0 Å². The first kappa shape index (κ1) is 19.1. The Hall–Kier alpha value is -4.37. The predicted molar refractivity (Wildman–Crippen MR) is 138 cm³/mol. The highest BCUT2D eigenvalue weighted by molar-refractivity contribution is 6.21. The molecule has 34 heavy (non-hydrogen) atoms. The molecule has 2 heterocycles. The van der Waals surface area contributed by atoms with Gasteiger partial charge in [0, 0.05) is 21.8 Å². The number of para-hydroxylation sites is 1. The summed E-state index contributed by atoms with van der Waals surface area (Å²) in [6.45, 7) is 2.15. The average Bonchev–Trinajstić information content (AvgIpc) is 3.45. The largest absolute Gasteiger partial charge is 0.456 e. The van der Waals surface area contributed by atoms with E-state index >= 15 is 0 Å². The highest BCUT2D eigenvalue weighted by Crippen LogP contribution is 2.40. The van der Waals surface area contributed by atoms with Gasteiger partial charge >= 0.3 is 0 Å². The Morgan fingerprint density at radius 2 is 1.35 bits per heavy atom. The van der Waals surface area contributed by atoms with Gasteiger partial charge in [-0.2, -0.15) is 0 Å². The molecule has 3 nitrogen and oxygen atoms in total. The number of fused-ring (bicyclic) bond motifs is 7. The van der Waals surface area contributed by atoms with Gasteiger partial charge in [0.15, 0.2) is 5.82 Å². The molecule has 0 aliphatic heterocycles. The Labute approximate surface area is 197 Å². The molecule has 2 aromatic heterocycles. The molecule has 0 aliphatic carbocycles. The Kier molecular flexibility index (Phi) is 3.97. The van der Waals surface area contributed by atoms with Gasteiger partial charge in [0.05, 0.1) is 25.0 Å². The van der Waals surface area contributed by atoms with E-state index in [4.69, 9.17) is 4.42 Å². The van der Waals surface area contributed by atoms with Crippen LogP contribution in [-0.2, 0) is 7.05 Å². The second kappa shape index (κ2) is 7.06. The summed E-state index contributed by atoms with van der Waals surface area (Å²) in [5.74, 6) is 1.04. The zero-order valence-corrected chi connectivity index (χ0v) is 19.0. The van der Waals surface area contributed by atoms with E-state index in [2.05, 4.69) is 114 Å². The number of benzene rings is 5. The van der Waals surface area contributed by atoms with Crippen LogP contribution in [0.3, 0.4) is 0 Å². The monoisotopic (exact) mass is 438 g/mol. The van der Waals surface area contributed by atoms with Crippen molar-refractivity contribution in [2.75, 3.05) is 0 Å². The fourth-order valence-electron chi connectivity index (χ4n) is 5.25. The normalized spacial score (nSPS) is 11.8. The number of rotatable bonds is 2. The Morgan fingerprint density at radius 1 is 0.676 bits per heavy atom. The maximum atomic E-state index is 6.76. The fraction of sp³-hybridized carbons (Fsp3) is 0.0645. The lowest BCUT2D eigenvalue weighted by molar-refractivity contribution is -0.587. The number of hydrogen-bond donors (Lipinski definition) is 0. The molecule has 5 aromatic carbocycles. The van der Waals surface area contributed by atoms with Gasteiger partial charge in [0.2, 0.25) is 0 Å². The van der Waals surface area contributed by atoms with Crippen LogP contribution >= 0.6 is 0 Å². The number of imidazole rings is 1. The number of furan rings is 1. The van der Waals surface area contributed by atoms with E-state index in [-0.39, 0.29) is 0 Å². The minimum absolute atomic E-state index is 0.913. The molecule has 0 fully saturated rings. The topological polar surface area (TPSA) is 21.9 Å². The average molecular weight is 439 g/mol. The van der Waals surface area contributed by atoms with Crippen LogP contribution < -0.4 is 4.57 Å². The second-order valence-electron chi connectivity index (χ2n) is 8.92. The molecule has 0 unspecified atom stereocenters. The van der Waals surface area contributed by atoms with Gasteiger partial charge in [-0.1, -0.05) is 78.9 Å². The molecule has 0 radical (unpaired) electrons. The molecular weight excluding hydrogens is 416 g/mol. The smallest absolute Gasteiger partial charge is 0.189 e. The maximum absolute atomic E-state index is 6.76.